The highest BCUT2D eigenvalue weighted by Crippen LogP contribution is 2.43. The Balaban J connectivity index is 1.74. The van der Waals surface area contributed by atoms with Crippen molar-refractivity contribution in [3.05, 3.63) is 65.4 Å². The van der Waals surface area contributed by atoms with Crippen molar-refractivity contribution in [3.63, 3.8) is 0 Å². The molecular weight excluding hydrogens is 358 g/mol. The first-order valence-corrected chi connectivity index (χ1v) is 9.34. The SMILES string of the molecule is COc1ccc([C@H]2c3[nH]c4ccccc4c3C[C@@H]3C(=O)N(C)C(=S)N23)cc1. The standard InChI is InChI=1S/C21H19N3O2S/c1-23-20(25)17-11-15-14-5-3-4-6-16(14)22-18(15)19(24(17)21(23)27)12-7-9-13(26-2)10-8-12/h3-10,17,19,22H,11H2,1-2H3/t17-,19+/m1/s1. The van der Waals surface area contributed by atoms with Crippen molar-refractivity contribution in [3.8, 4) is 5.75 Å². The van der Waals surface area contributed by atoms with Crippen molar-refractivity contribution < 1.29 is 9.53 Å². The van der Waals surface area contributed by atoms with Gasteiger partial charge in [0.1, 0.15) is 11.8 Å². The number of nitrogens with one attached hydrogen (secondary N) is 1. The van der Waals surface area contributed by atoms with Crippen LogP contribution in [0.3, 0.4) is 0 Å². The zero-order valence-corrected chi connectivity index (χ0v) is 15.9. The first-order chi connectivity index (χ1) is 13.1. The van der Waals surface area contributed by atoms with E-state index in [2.05, 4.69) is 22.0 Å². The van der Waals surface area contributed by atoms with Gasteiger partial charge in [-0.05, 0) is 41.5 Å². The molecule has 136 valence electrons. The number of carbonyl (C=O) groups excluding carboxylic acids is 1. The average molecular weight is 377 g/mol. The molecule has 0 aliphatic carbocycles. The maximum Gasteiger partial charge on any atom is 0.251 e. The molecular formula is C21H19N3O2S. The molecule has 0 bridgehead atoms. The topological polar surface area (TPSA) is 48.6 Å². The summed E-state index contributed by atoms with van der Waals surface area (Å²) in [5.74, 6) is 0.870. The molecule has 1 aromatic heterocycles. The lowest BCUT2D eigenvalue weighted by Crippen LogP contribution is -2.44. The molecule has 2 aliphatic heterocycles. The molecule has 2 aromatic carbocycles. The van der Waals surface area contributed by atoms with Crippen LogP contribution < -0.4 is 4.74 Å². The number of aromatic nitrogens is 1. The molecule has 6 heteroatoms. The van der Waals surface area contributed by atoms with Gasteiger partial charge >= 0.3 is 0 Å². The van der Waals surface area contributed by atoms with Crippen LogP contribution in [0.2, 0.25) is 0 Å². The molecule has 0 saturated carbocycles. The van der Waals surface area contributed by atoms with E-state index in [1.54, 1.807) is 19.1 Å². The fraction of sp³-hybridized carbons (Fsp3) is 0.238. The number of methoxy groups -OCH3 is 1. The number of fused-ring (bicyclic) bond motifs is 4. The highest BCUT2D eigenvalue weighted by Gasteiger charge is 2.49. The van der Waals surface area contributed by atoms with E-state index < -0.39 is 0 Å². The Labute approximate surface area is 162 Å². The zero-order chi connectivity index (χ0) is 18.7. The van der Waals surface area contributed by atoms with Crippen LogP contribution in [0.1, 0.15) is 22.9 Å². The Morgan fingerprint density at radius 2 is 1.89 bits per heavy atom. The van der Waals surface area contributed by atoms with Crippen molar-refractivity contribution >= 4 is 34.1 Å². The van der Waals surface area contributed by atoms with Crippen LogP contribution in [0.25, 0.3) is 10.9 Å². The number of aromatic amines is 1. The predicted octanol–water partition coefficient (Wildman–Crippen LogP) is 3.25. The van der Waals surface area contributed by atoms with Crippen LogP contribution >= 0.6 is 12.2 Å². The van der Waals surface area contributed by atoms with Crippen molar-refractivity contribution in [1.29, 1.82) is 0 Å². The van der Waals surface area contributed by atoms with Crippen LogP contribution in [0, 0.1) is 0 Å². The summed E-state index contributed by atoms with van der Waals surface area (Å²) in [5.41, 5.74) is 4.50. The smallest absolute Gasteiger partial charge is 0.251 e. The molecule has 3 aromatic rings. The van der Waals surface area contributed by atoms with E-state index in [4.69, 9.17) is 17.0 Å². The number of H-pyrrole nitrogens is 1. The van der Waals surface area contributed by atoms with Gasteiger partial charge in [0.2, 0.25) is 0 Å². The lowest BCUT2D eigenvalue weighted by atomic mass is 9.89. The zero-order valence-electron chi connectivity index (χ0n) is 15.1. The Morgan fingerprint density at radius 3 is 2.63 bits per heavy atom. The molecule has 27 heavy (non-hydrogen) atoms. The van der Waals surface area contributed by atoms with E-state index in [-0.39, 0.29) is 18.0 Å². The number of thiocarbonyl (C=S) groups is 1. The van der Waals surface area contributed by atoms with Gasteiger partial charge in [0, 0.05) is 30.1 Å². The molecule has 0 radical (unpaired) electrons. The quantitative estimate of drug-likeness (QED) is 0.697. The van der Waals surface area contributed by atoms with Crippen LogP contribution in [0.4, 0.5) is 0 Å². The molecule has 2 aliphatic rings. The summed E-state index contributed by atoms with van der Waals surface area (Å²) < 4.78 is 5.31. The number of rotatable bonds is 2. The highest BCUT2D eigenvalue weighted by atomic mass is 32.1. The Bertz CT molecular complexity index is 1070. The number of benzene rings is 2. The van der Waals surface area contributed by atoms with E-state index in [1.165, 1.54) is 10.9 Å². The molecule has 5 nitrogen and oxygen atoms in total. The van der Waals surface area contributed by atoms with Crippen LogP contribution in [0.5, 0.6) is 5.75 Å². The second-order valence-corrected chi connectivity index (χ2v) is 7.41. The van der Waals surface area contributed by atoms with E-state index >= 15 is 0 Å². The first-order valence-electron chi connectivity index (χ1n) is 8.93. The summed E-state index contributed by atoms with van der Waals surface area (Å²) in [7, 11) is 3.42. The van der Waals surface area contributed by atoms with Crippen molar-refractivity contribution in [1.82, 2.24) is 14.8 Å². The van der Waals surface area contributed by atoms with Gasteiger partial charge in [-0.1, -0.05) is 30.3 Å². The third kappa shape index (κ3) is 2.23. The normalized spacial score (nSPS) is 21.6. The maximum absolute atomic E-state index is 12.9. The number of para-hydroxylation sites is 1. The van der Waals surface area contributed by atoms with E-state index in [9.17, 15) is 4.79 Å². The third-order valence-electron chi connectivity index (χ3n) is 5.69. The van der Waals surface area contributed by atoms with Gasteiger partial charge in [-0.2, -0.15) is 0 Å². The lowest BCUT2D eigenvalue weighted by molar-refractivity contribution is -0.127. The molecule has 0 spiro atoms. The summed E-state index contributed by atoms with van der Waals surface area (Å²) in [6.45, 7) is 0. The van der Waals surface area contributed by atoms with Crippen LogP contribution in [0.15, 0.2) is 48.5 Å². The number of likely N-dealkylation sites (N-methyl/N-ethyl adjacent to an activating group) is 1. The van der Waals surface area contributed by atoms with Gasteiger partial charge in [-0.3, -0.25) is 9.69 Å². The van der Waals surface area contributed by atoms with E-state index in [0.717, 1.165) is 22.5 Å². The molecule has 0 unspecified atom stereocenters. The molecule has 2 atom stereocenters. The average Bonchev–Trinajstić information content (AvgIpc) is 3.18. The van der Waals surface area contributed by atoms with Gasteiger partial charge in [-0.25, -0.2) is 0 Å². The fourth-order valence-electron chi connectivity index (χ4n) is 4.34. The van der Waals surface area contributed by atoms with Crippen molar-refractivity contribution in [2.75, 3.05) is 14.2 Å². The number of carbonyl (C=O) groups is 1. The number of ether oxygens (including phenoxy) is 1. The molecule has 1 amide bonds. The number of hydrogen-bond donors (Lipinski definition) is 1. The first kappa shape index (κ1) is 16.3. The van der Waals surface area contributed by atoms with E-state index in [0.29, 0.717) is 11.5 Å². The highest BCUT2D eigenvalue weighted by molar-refractivity contribution is 7.80. The monoisotopic (exact) mass is 377 g/mol. The number of amides is 1. The summed E-state index contributed by atoms with van der Waals surface area (Å²) in [6.07, 6.45) is 0.662. The molecule has 1 N–H and O–H groups in total. The molecule has 1 fully saturated rings. The number of hydrogen-bond acceptors (Lipinski definition) is 3. The van der Waals surface area contributed by atoms with E-state index in [1.807, 2.05) is 36.4 Å². The van der Waals surface area contributed by atoms with Gasteiger partial charge in [0.05, 0.1) is 13.2 Å². The van der Waals surface area contributed by atoms with Gasteiger partial charge in [0.15, 0.2) is 5.11 Å². The largest absolute Gasteiger partial charge is 0.497 e. The summed E-state index contributed by atoms with van der Waals surface area (Å²) in [6, 6.07) is 15.9. The molecule has 3 heterocycles. The van der Waals surface area contributed by atoms with Gasteiger partial charge in [-0.15, -0.1) is 0 Å². The van der Waals surface area contributed by atoms with Gasteiger partial charge < -0.3 is 14.6 Å². The maximum atomic E-state index is 12.9. The molecule has 1 saturated heterocycles. The Hall–Kier alpha value is -2.86. The summed E-state index contributed by atoms with van der Waals surface area (Å²) in [4.78, 5) is 20.1. The van der Waals surface area contributed by atoms with Gasteiger partial charge in [0.25, 0.3) is 5.91 Å². The second-order valence-electron chi connectivity index (χ2n) is 7.05. The fourth-order valence-corrected chi connectivity index (χ4v) is 4.66. The summed E-state index contributed by atoms with van der Waals surface area (Å²) >= 11 is 5.64. The Morgan fingerprint density at radius 1 is 1.15 bits per heavy atom. The van der Waals surface area contributed by atoms with Crippen LogP contribution in [-0.2, 0) is 11.2 Å². The minimum absolute atomic E-state index is 0.0643. The molecule has 5 rings (SSSR count). The second kappa shape index (κ2) is 5.82. The summed E-state index contributed by atoms with van der Waals surface area (Å²) in [5, 5.41) is 1.76. The Kier molecular flexibility index (Phi) is 3.52. The third-order valence-corrected chi connectivity index (χ3v) is 6.17. The predicted molar refractivity (Wildman–Crippen MR) is 108 cm³/mol. The minimum Gasteiger partial charge on any atom is -0.497 e. The van der Waals surface area contributed by atoms with Crippen LogP contribution in [-0.4, -0.2) is 46.0 Å². The van der Waals surface area contributed by atoms with Crippen molar-refractivity contribution in [2.45, 2.75) is 18.5 Å². The van der Waals surface area contributed by atoms with Crippen molar-refractivity contribution in [2.24, 2.45) is 0 Å². The lowest BCUT2D eigenvalue weighted by Gasteiger charge is -2.37. The minimum atomic E-state index is -0.263. The number of nitrogens with zero attached hydrogens (tertiary/aromatic N) is 2.